The molecule has 2 aromatic rings. The molecule has 0 fully saturated rings. The first-order valence-electron chi connectivity index (χ1n) is 6.58. The Labute approximate surface area is 111 Å². The number of hydrogen-bond donors (Lipinski definition) is 1. The minimum absolute atomic E-state index is 0.173. The van der Waals surface area contributed by atoms with Crippen molar-refractivity contribution in [2.75, 3.05) is 6.54 Å². The van der Waals surface area contributed by atoms with Crippen molar-refractivity contribution in [2.45, 2.75) is 26.3 Å². The highest BCUT2D eigenvalue weighted by Gasteiger charge is 2.23. The van der Waals surface area contributed by atoms with Gasteiger partial charge in [-0.15, -0.1) is 0 Å². The van der Waals surface area contributed by atoms with Crippen molar-refractivity contribution in [2.24, 2.45) is 0 Å². The van der Waals surface area contributed by atoms with Crippen molar-refractivity contribution in [3.05, 3.63) is 45.7 Å². The van der Waals surface area contributed by atoms with Gasteiger partial charge in [-0.1, -0.05) is 12.1 Å². The van der Waals surface area contributed by atoms with Crippen molar-refractivity contribution < 1.29 is 4.79 Å². The smallest absolute Gasteiger partial charge is 0.256 e. The first-order valence-corrected chi connectivity index (χ1v) is 6.58. The molecule has 0 aliphatic carbocycles. The van der Waals surface area contributed by atoms with E-state index >= 15 is 0 Å². The lowest BCUT2D eigenvalue weighted by atomic mass is 10.1. The molecule has 0 bridgehead atoms. The van der Waals surface area contributed by atoms with Crippen LogP contribution in [0.15, 0.2) is 29.2 Å². The van der Waals surface area contributed by atoms with E-state index in [2.05, 4.69) is 16.8 Å². The van der Waals surface area contributed by atoms with Gasteiger partial charge in [0, 0.05) is 24.2 Å². The summed E-state index contributed by atoms with van der Waals surface area (Å²) in [6.07, 6.45) is 2.62. The molecule has 0 saturated heterocycles. The van der Waals surface area contributed by atoms with Gasteiger partial charge in [-0.3, -0.25) is 9.59 Å². The lowest BCUT2D eigenvalue weighted by Crippen LogP contribution is -2.29. The van der Waals surface area contributed by atoms with Crippen LogP contribution in [0.2, 0.25) is 0 Å². The van der Waals surface area contributed by atoms with E-state index in [1.807, 2.05) is 19.1 Å². The van der Waals surface area contributed by atoms with Crippen LogP contribution in [-0.4, -0.2) is 17.0 Å². The number of pyridine rings is 1. The second-order valence-corrected chi connectivity index (χ2v) is 5.01. The zero-order valence-electron chi connectivity index (χ0n) is 11.1. The predicted molar refractivity (Wildman–Crippen MR) is 74.6 cm³/mol. The second-order valence-electron chi connectivity index (χ2n) is 5.01. The Morgan fingerprint density at radius 3 is 3.00 bits per heavy atom. The van der Waals surface area contributed by atoms with Gasteiger partial charge in [0.2, 0.25) is 5.43 Å². The van der Waals surface area contributed by atoms with Crippen LogP contribution in [0.3, 0.4) is 0 Å². The number of benzene rings is 1. The lowest BCUT2D eigenvalue weighted by molar-refractivity contribution is 0.0954. The van der Waals surface area contributed by atoms with Gasteiger partial charge in [0.05, 0.1) is 5.52 Å². The molecule has 1 aliphatic heterocycles. The standard InChI is InChI=1S/C15H16N2O2/c1-3-16-15(19)12-8-17-9(2)7-10-5-4-6-11(13(10)17)14(12)18/h4-6,8-9H,3,7H2,1-2H3,(H,16,19)/t9-/m1/s1. The van der Waals surface area contributed by atoms with E-state index in [4.69, 9.17) is 0 Å². The Balaban J connectivity index is 2.33. The number of amides is 1. The number of carbonyl (C=O) groups excluding carboxylic acids is 1. The fraction of sp³-hybridized carbons (Fsp3) is 0.333. The normalized spacial score (nSPS) is 16.8. The van der Waals surface area contributed by atoms with Crippen LogP contribution in [0.25, 0.3) is 10.9 Å². The summed E-state index contributed by atoms with van der Waals surface area (Å²) >= 11 is 0. The predicted octanol–water partition coefficient (Wildman–Crippen LogP) is 1.87. The summed E-state index contributed by atoms with van der Waals surface area (Å²) in [5.74, 6) is -0.289. The summed E-state index contributed by atoms with van der Waals surface area (Å²) < 4.78 is 2.05. The minimum Gasteiger partial charge on any atom is -0.352 e. The molecule has 0 radical (unpaired) electrons. The van der Waals surface area contributed by atoms with Crippen molar-refractivity contribution in [1.82, 2.24) is 9.88 Å². The summed E-state index contributed by atoms with van der Waals surface area (Å²) in [6.45, 7) is 4.47. The zero-order chi connectivity index (χ0) is 13.6. The van der Waals surface area contributed by atoms with Crippen molar-refractivity contribution >= 4 is 16.8 Å². The quantitative estimate of drug-likeness (QED) is 0.891. The van der Waals surface area contributed by atoms with Gasteiger partial charge >= 0.3 is 0 Å². The van der Waals surface area contributed by atoms with Gasteiger partial charge in [0.15, 0.2) is 0 Å². The summed E-state index contributed by atoms with van der Waals surface area (Å²) in [4.78, 5) is 24.4. The van der Waals surface area contributed by atoms with Crippen LogP contribution < -0.4 is 10.7 Å². The summed E-state index contributed by atoms with van der Waals surface area (Å²) in [5.41, 5.74) is 2.23. The van der Waals surface area contributed by atoms with Crippen LogP contribution in [0.4, 0.5) is 0 Å². The van der Waals surface area contributed by atoms with E-state index in [1.165, 1.54) is 5.56 Å². The van der Waals surface area contributed by atoms with Crippen LogP contribution in [-0.2, 0) is 6.42 Å². The van der Waals surface area contributed by atoms with Crippen LogP contribution in [0.1, 0.15) is 35.8 Å². The van der Waals surface area contributed by atoms with Crippen LogP contribution >= 0.6 is 0 Å². The molecular weight excluding hydrogens is 240 g/mol. The highest BCUT2D eigenvalue weighted by molar-refractivity contribution is 5.98. The SMILES string of the molecule is CCNC(=O)c1cn2c3c(cccc3c1=O)C[C@H]2C. The van der Waals surface area contributed by atoms with Gasteiger partial charge in [-0.2, -0.15) is 0 Å². The Morgan fingerprint density at radius 2 is 2.26 bits per heavy atom. The molecule has 1 N–H and O–H groups in total. The molecule has 98 valence electrons. The fourth-order valence-electron chi connectivity index (χ4n) is 2.83. The number of para-hydroxylation sites is 1. The number of hydrogen-bond acceptors (Lipinski definition) is 2. The van der Waals surface area contributed by atoms with E-state index in [9.17, 15) is 9.59 Å². The maximum absolute atomic E-state index is 12.4. The summed E-state index contributed by atoms with van der Waals surface area (Å²) in [6, 6.07) is 6.03. The minimum atomic E-state index is -0.289. The molecule has 0 saturated carbocycles. The van der Waals surface area contributed by atoms with E-state index in [0.29, 0.717) is 11.9 Å². The molecule has 0 spiro atoms. The van der Waals surface area contributed by atoms with Crippen LogP contribution in [0, 0.1) is 0 Å². The maximum Gasteiger partial charge on any atom is 0.256 e. The molecule has 1 aromatic heterocycles. The Kier molecular flexibility index (Phi) is 2.66. The third kappa shape index (κ3) is 1.67. The molecule has 3 rings (SSSR count). The van der Waals surface area contributed by atoms with Crippen molar-refractivity contribution in [1.29, 1.82) is 0 Å². The lowest BCUT2D eigenvalue weighted by Gasteiger charge is -2.12. The molecule has 1 aromatic carbocycles. The molecule has 0 unspecified atom stereocenters. The molecular formula is C15H16N2O2. The van der Waals surface area contributed by atoms with Gasteiger partial charge in [-0.25, -0.2) is 0 Å². The number of aromatic nitrogens is 1. The van der Waals surface area contributed by atoms with E-state index in [1.54, 1.807) is 12.3 Å². The first-order chi connectivity index (χ1) is 9.13. The topological polar surface area (TPSA) is 51.1 Å². The van der Waals surface area contributed by atoms with Gasteiger partial charge < -0.3 is 9.88 Å². The summed E-state index contributed by atoms with van der Waals surface area (Å²) in [5, 5.41) is 3.34. The van der Waals surface area contributed by atoms with Gasteiger partial charge in [0.25, 0.3) is 5.91 Å². The molecule has 2 heterocycles. The van der Waals surface area contributed by atoms with E-state index in [0.717, 1.165) is 11.9 Å². The Bertz CT molecular complexity index is 731. The average Bonchev–Trinajstić information content (AvgIpc) is 2.71. The fourth-order valence-corrected chi connectivity index (χ4v) is 2.83. The van der Waals surface area contributed by atoms with E-state index < -0.39 is 0 Å². The summed E-state index contributed by atoms with van der Waals surface area (Å²) in [7, 11) is 0. The number of nitrogens with zero attached hydrogens (tertiary/aromatic N) is 1. The molecule has 4 nitrogen and oxygen atoms in total. The molecule has 19 heavy (non-hydrogen) atoms. The molecule has 1 atom stereocenters. The maximum atomic E-state index is 12.4. The third-order valence-electron chi connectivity index (χ3n) is 3.71. The third-order valence-corrected chi connectivity index (χ3v) is 3.71. The highest BCUT2D eigenvalue weighted by atomic mass is 16.2. The van der Waals surface area contributed by atoms with E-state index in [-0.39, 0.29) is 22.9 Å². The molecule has 1 amide bonds. The van der Waals surface area contributed by atoms with Crippen LogP contribution in [0.5, 0.6) is 0 Å². The van der Waals surface area contributed by atoms with Gasteiger partial charge in [-0.05, 0) is 31.9 Å². The van der Waals surface area contributed by atoms with Crippen molar-refractivity contribution in [3.8, 4) is 0 Å². The number of nitrogens with one attached hydrogen (secondary N) is 1. The van der Waals surface area contributed by atoms with Gasteiger partial charge in [0.1, 0.15) is 5.56 Å². The van der Waals surface area contributed by atoms with Crippen molar-refractivity contribution in [3.63, 3.8) is 0 Å². The molecule has 4 heteroatoms. The molecule has 1 aliphatic rings. The number of carbonyl (C=O) groups is 1. The monoisotopic (exact) mass is 256 g/mol. The average molecular weight is 256 g/mol. The largest absolute Gasteiger partial charge is 0.352 e. The Morgan fingerprint density at radius 1 is 1.47 bits per heavy atom. The second kappa shape index (κ2) is 4.23. The first kappa shape index (κ1) is 12.0. The zero-order valence-corrected chi connectivity index (χ0v) is 11.1. The number of rotatable bonds is 2. The Hall–Kier alpha value is -2.10. The highest BCUT2D eigenvalue weighted by Crippen LogP contribution is 2.30.